The van der Waals surface area contributed by atoms with Crippen molar-refractivity contribution in [2.24, 2.45) is 0 Å². The van der Waals surface area contributed by atoms with Gasteiger partial charge in [0.25, 0.3) is 0 Å². The Balaban J connectivity index is 1.43. The summed E-state index contributed by atoms with van der Waals surface area (Å²) in [6.07, 6.45) is 6.63. The van der Waals surface area contributed by atoms with Crippen LogP contribution in [0.1, 0.15) is 43.6 Å². The molecule has 1 unspecified atom stereocenters. The van der Waals surface area contributed by atoms with E-state index in [1.165, 1.54) is 12.7 Å². The van der Waals surface area contributed by atoms with Crippen molar-refractivity contribution in [2.45, 2.75) is 51.2 Å². The Bertz CT molecular complexity index is 693. The summed E-state index contributed by atoms with van der Waals surface area (Å²) in [5.74, 6) is 2.38. The van der Waals surface area contributed by atoms with E-state index in [1.54, 1.807) is 19.1 Å². The zero-order chi connectivity index (χ0) is 17.7. The Labute approximate surface area is 146 Å². The monoisotopic (exact) mass is 347 g/mol. The van der Waals surface area contributed by atoms with Crippen molar-refractivity contribution in [3.63, 3.8) is 0 Å². The number of carbonyl (C=O) groups excluding carboxylic acids is 1. The molecule has 8 heteroatoms. The fourth-order valence-electron chi connectivity index (χ4n) is 3.01. The molecule has 0 saturated heterocycles. The lowest BCUT2D eigenvalue weighted by atomic mass is 10.0. The molecule has 0 saturated carbocycles. The summed E-state index contributed by atoms with van der Waals surface area (Å²) < 4.78 is 7.36. The van der Waals surface area contributed by atoms with Gasteiger partial charge < -0.3 is 24.7 Å². The summed E-state index contributed by atoms with van der Waals surface area (Å²) in [6, 6.07) is 3.05. The molecule has 0 spiro atoms. The van der Waals surface area contributed by atoms with Crippen molar-refractivity contribution in [2.75, 3.05) is 13.1 Å². The first-order valence-corrected chi connectivity index (χ1v) is 8.75. The predicted octanol–water partition coefficient (Wildman–Crippen LogP) is 1.35. The zero-order valence-corrected chi connectivity index (χ0v) is 14.5. The van der Waals surface area contributed by atoms with Crippen LogP contribution in [0.15, 0.2) is 22.8 Å². The normalized spacial score (nSPS) is 16.6. The minimum Gasteiger partial charge on any atom is -0.466 e. The fraction of sp³-hybridized carbons (Fsp3) is 0.588. The molecule has 3 rings (SSSR count). The molecule has 0 aliphatic carbocycles. The molecule has 1 atom stereocenters. The van der Waals surface area contributed by atoms with Gasteiger partial charge in [-0.25, -0.2) is 4.79 Å². The van der Waals surface area contributed by atoms with Gasteiger partial charge >= 0.3 is 6.03 Å². The third kappa shape index (κ3) is 4.39. The summed E-state index contributed by atoms with van der Waals surface area (Å²) in [6.45, 7) is 3.08. The number of urea groups is 1. The molecule has 8 nitrogen and oxygen atoms in total. The van der Waals surface area contributed by atoms with E-state index in [0.717, 1.165) is 37.5 Å². The highest BCUT2D eigenvalue weighted by atomic mass is 16.4. The third-order valence-electron chi connectivity index (χ3n) is 4.47. The number of nitrogens with zero attached hydrogens (tertiary/aromatic N) is 3. The van der Waals surface area contributed by atoms with E-state index < -0.39 is 5.60 Å². The van der Waals surface area contributed by atoms with Gasteiger partial charge in [-0.2, -0.15) is 0 Å². The van der Waals surface area contributed by atoms with E-state index in [-0.39, 0.29) is 12.6 Å². The van der Waals surface area contributed by atoms with Crippen LogP contribution in [0.3, 0.4) is 0 Å². The van der Waals surface area contributed by atoms with Gasteiger partial charge in [0.1, 0.15) is 23.0 Å². The van der Waals surface area contributed by atoms with Gasteiger partial charge in [0.2, 0.25) is 0 Å². The molecular weight excluding hydrogens is 322 g/mol. The lowest BCUT2D eigenvalue weighted by Gasteiger charge is -2.21. The first kappa shape index (κ1) is 17.5. The van der Waals surface area contributed by atoms with Crippen molar-refractivity contribution in [3.05, 3.63) is 35.8 Å². The van der Waals surface area contributed by atoms with Gasteiger partial charge in [-0.1, -0.05) is 6.42 Å². The molecule has 136 valence electrons. The van der Waals surface area contributed by atoms with E-state index in [4.69, 9.17) is 4.42 Å². The number of fused-ring (bicyclic) bond motifs is 1. The van der Waals surface area contributed by atoms with Crippen molar-refractivity contribution in [1.29, 1.82) is 0 Å². The molecule has 2 aromatic rings. The number of hydrogen-bond acceptors (Lipinski definition) is 5. The molecular formula is C17H25N5O3. The quantitative estimate of drug-likeness (QED) is 0.731. The van der Waals surface area contributed by atoms with Gasteiger partial charge in [-0.3, -0.25) is 0 Å². The molecule has 2 amide bonds. The summed E-state index contributed by atoms with van der Waals surface area (Å²) in [5.41, 5.74) is -1.24. The van der Waals surface area contributed by atoms with Crippen LogP contribution in [0, 0.1) is 0 Å². The van der Waals surface area contributed by atoms with Gasteiger partial charge in [-0.05, 0) is 31.9 Å². The van der Waals surface area contributed by atoms with E-state index in [2.05, 4.69) is 25.4 Å². The SMILES string of the molecule is CC(O)(CNC(=O)NCCc1nnc2n1CCCCC2)c1ccco1. The number of hydrogen-bond donors (Lipinski definition) is 3. The van der Waals surface area contributed by atoms with Crippen molar-refractivity contribution in [3.8, 4) is 0 Å². The Hall–Kier alpha value is -2.35. The number of aliphatic hydroxyl groups is 1. The second-order valence-corrected chi connectivity index (χ2v) is 6.61. The summed E-state index contributed by atoms with van der Waals surface area (Å²) in [5, 5.41) is 24.2. The van der Waals surface area contributed by atoms with Crippen LogP contribution < -0.4 is 10.6 Å². The molecule has 3 N–H and O–H groups in total. The second kappa shape index (κ2) is 7.69. The molecule has 0 fully saturated rings. The number of aryl methyl sites for hydroxylation is 1. The predicted molar refractivity (Wildman–Crippen MR) is 91.0 cm³/mol. The number of aromatic nitrogens is 3. The maximum Gasteiger partial charge on any atom is 0.314 e. The van der Waals surface area contributed by atoms with Crippen molar-refractivity contribution in [1.82, 2.24) is 25.4 Å². The smallest absolute Gasteiger partial charge is 0.314 e. The first-order valence-electron chi connectivity index (χ1n) is 8.75. The van der Waals surface area contributed by atoms with Crippen LogP contribution in [-0.2, 0) is 25.0 Å². The Morgan fingerprint density at radius 1 is 1.36 bits per heavy atom. The Morgan fingerprint density at radius 2 is 2.24 bits per heavy atom. The maximum absolute atomic E-state index is 11.9. The average molecular weight is 347 g/mol. The van der Waals surface area contributed by atoms with Crippen molar-refractivity contribution >= 4 is 6.03 Å². The number of rotatable bonds is 6. The molecule has 0 aromatic carbocycles. The molecule has 1 aliphatic rings. The second-order valence-electron chi connectivity index (χ2n) is 6.61. The third-order valence-corrected chi connectivity index (χ3v) is 4.47. The van der Waals surface area contributed by atoms with Crippen LogP contribution in [0.2, 0.25) is 0 Å². The highest BCUT2D eigenvalue weighted by molar-refractivity contribution is 5.73. The number of furan rings is 1. The topological polar surface area (TPSA) is 105 Å². The van der Waals surface area contributed by atoms with Crippen molar-refractivity contribution < 1.29 is 14.3 Å². The highest BCUT2D eigenvalue weighted by Crippen LogP contribution is 2.19. The van der Waals surface area contributed by atoms with Gasteiger partial charge in [0.05, 0.1) is 12.8 Å². The largest absolute Gasteiger partial charge is 0.466 e. The molecule has 3 heterocycles. The minimum absolute atomic E-state index is 0.0622. The number of nitrogens with one attached hydrogen (secondary N) is 2. The lowest BCUT2D eigenvalue weighted by molar-refractivity contribution is 0.0367. The number of carbonyl (C=O) groups is 1. The molecule has 25 heavy (non-hydrogen) atoms. The van der Waals surface area contributed by atoms with Gasteiger partial charge in [0.15, 0.2) is 0 Å². The molecule has 0 bridgehead atoms. The average Bonchev–Trinajstić information content (AvgIpc) is 3.20. The van der Waals surface area contributed by atoms with E-state index in [0.29, 0.717) is 18.7 Å². The van der Waals surface area contributed by atoms with E-state index >= 15 is 0 Å². The molecule has 0 radical (unpaired) electrons. The highest BCUT2D eigenvalue weighted by Gasteiger charge is 2.26. The Morgan fingerprint density at radius 3 is 3.04 bits per heavy atom. The molecule has 1 aliphatic heterocycles. The minimum atomic E-state index is -1.24. The van der Waals surface area contributed by atoms with Crippen LogP contribution in [0.5, 0.6) is 0 Å². The van der Waals surface area contributed by atoms with Crippen LogP contribution in [0.25, 0.3) is 0 Å². The van der Waals surface area contributed by atoms with E-state index in [1.807, 2.05) is 0 Å². The van der Waals surface area contributed by atoms with E-state index in [9.17, 15) is 9.90 Å². The summed E-state index contributed by atoms with van der Waals surface area (Å²) >= 11 is 0. The van der Waals surface area contributed by atoms with Gasteiger partial charge in [0, 0.05) is 25.9 Å². The standard InChI is InChI=1S/C17H25N5O3/c1-17(24,13-6-5-11-25-13)12-19-16(23)18-9-8-15-21-20-14-7-3-2-4-10-22(14)15/h5-6,11,24H,2-4,7-10,12H2,1H3,(H2,18,19,23). The first-order chi connectivity index (χ1) is 12.1. The Kier molecular flexibility index (Phi) is 5.37. The number of amides is 2. The van der Waals surface area contributed by atoms with Crippen LogP contribution >= 0.6 is 0 Å². The molecule has 2 aromatic heterocycles. The fourth-order valence-corrected chi connectivity index (χ4v) is 3.01. The van der Waals surface area contributed by atoms with Crippen LogP contribution in [-0.4, -0.2) is 39.0 Å². The summed E-state index contributed by atoms with van der Waals surface area (Å²) in [7, 11) is 0. The maximum atomic E-state index is 11.9. The van der Waals surface area contributed by atoms with Crippen LogP contribution in [0.4, 0.5) is 4.79 Å². The zero-order valence-electron chi connectivity index (χ0n) is 14.5. The van der Waals surface area contributed by atoms with Gasteiger partial charge in [-0.15, -0.1) is 10.2 Å². The lowest BCUT2D eigenvalue weighted by Crippen LogP contribution is -2.43. The summed E-state index contributed by atoms with van der Waals surface area (Å²) in [4.78, 5) is 11.9.